The fourth-order valence-corrected chi connectivity index (χ4v) is 6.51. The van der Waals surface area contributed by atoms with Gasteiger partial charge in [0.15, 0.2) is 0 Å². The maximum atomic E-state index is 14.4. The Hall–Kier alpha value is -5.13. The van der Waals surface area contributed by atoms with E-state index >= 15 is 0 Å². The lowest BCUT2D eigenvalue weighted by Gasteiger charge is -2.36. The third-order valence-electron chi connectivity index (χ3n) is 8.57. The van der Waals surface area contributed by atoms with E-state index in [4.69, 9.17) is 42.1 Å². The summed E-state index contributed by atoms with van der Waals surface area (Å²) in [7, 11) is 8.00. The summed E-state index contributed by atoms with van der Waals surface area (Å²) in [4.78, 5) is 69.4. The van der Waals surface area contributed by atoms with Crippen LogP contribution < -0.4 is 29.1 Å². The third-order valence-corrected chi connectivity index (χ3v) is 9.30. The van der Waals surface area contributed by atoms with E-state index in [0.717, 1.165) is 29.0 Å². The fraction of sp³-hybridized carbons (Fsp3) is 0.486. The number of nitro benzene ring substituents is 1. The average Bonchev–Trinajstić information content (AvgIpc) is 3.11. The predicted octanol–water partition coefficient (Wildman–Crippen LogP) is 8.31. The van der Waals surface area contributed by atoms with Crippen molar-refractivity contribution in [2.45, 2.75) is 71.6 Å². The number of halogens is 2. The number of benzene rings is 2. The molecule has 4 amide bonds. The van der Waals surface area contributed by atoms with Crippen molar-refractivity contribution in [3.05, 3.63) is 56.8 Å². The van der Waals surface area contributed by atoms with E-state index in [1.54, 1.807) is 47.6 Å². The highest BCUT2D eigenvalue weighted by molar-refractivity contribution is 6.43. The van der Waals surface area contributed by atoms with Crippen molar-refractivity contribution < 1.29 is 38.3 Å². The molecule has 0 saturated carbocycles. The Balaban J connectivity index is 1.84. The van der Waals surface area contributed by atoms with Gasteiger partial charge >= 0.3 is 18.2 Å². The van der Waals surface area contributed by atoms with E-state index in [-0.39, 0.29) is 50.2 Å². The molecule has 0 spiro atoms. The smallest absolute Gasteiger partial charge is 0.423 e. The molecule has 3 aromatic rings. The minimum Gasteiger partial charge on any atom is -0.495 e. The first kappa shape index (κ1) is 43.6. The van der Waals surface area contributed by atoms with Crippen LogP contribution in [-0.4, -0.2) is 104 Å². The highest BCUT2D eigenvalue weighted by Crippen LogP contribution is 2.47. The van der Waals surface area contributed by atoms with E-state index in [2.05, 4.69) is 19.8 Å². The lowest BCUT2D eigenvalue weighted by atomic mass is 10.0. The summed E-state index contributed by atoms with van der Waals surface area (Å²) in [6, 6.07) is 6.52. The molecule has 4 rings (SSSR count). The van der Waals surface area contributed by atoms with Crippen LogP contribution in [-0.2, 0) is 9.47 Å². The quantitative estimate of drug-likeness (QED) is 0.149. The Morgan fingerprint density at radius 3 is 1.88 bits per heavy atom. The highest BCUT2D eigenvalue weighted by atomic mass is 35.5. The lowest BCUT2D eigenvalue weighted by Crippen LogP contribution is -2.48. The van der Waals surface area contributed by atoms with Gasteiger partial charge in [-0.3, -0.25) is 15.0 Å². The number of piperidine rings is 1. The molecule has 1 saturated heterocycles. The molecule has 1 aliphatic rings. The van der Waals surface area contributed by atoms with Crippen LogP contribution in [0.25, 0.3) is 0 Å². The second-order valence-corrected chi connectivity index (χ2v) is 15.8. The molecular weight excluding hydrogens is 771 g/mol. The number of carbonyl (C=O) groups excluding carboxylic acids is 3. The highest BCUT2D eigenvalue weighted by Gasteiger charge is 2.38. The number of ether oxygens (including phenoxy) is 4. The molecule has 0 unspecified atom stereocenters. The molecule has 0 radical (unpaired) electrons. The monoisotopic (exact) mass is 818 g/mol. The van der Waals surface area contributed by atoms with E-state index in [1.807, 2.05) is 14.1 Å². The molecule has 1 aliphatic heterocycles. The van der Waals surface area contributed by atoms with Gasteiger partial charge in [-0.25, -0.2) is 29.3 Å². The molecule has 1 fully saturated rings. The number of hydrogen-bond acceptors (Lipinski definition) is 13. The Morgan fingerprint density at radius 1 is 0.839 bits per heavy atom. The van der Waals surface area contributed by atoms with Crippen molar-refractivity contribution in [3.8, 4) is 11.5 Å². The van der Waals surface area contributed by atoms with Crippen LogP contribution in [0.4, 0.5) is 48.8 Å². The summed E-state index contributed by atoms with van der Waals surface area (Å²) in [5.74, 6) is -0.258. The molecule has 56 heavy (non-hydrogen) atoms. The van der Waals surface area contributed by atoms with Crippen LogP contribution in [0.1, 0.15) is 54.4 Å². The van der Waals surface area contributed by atoms with Gasteiger partial charge in [0.05, 0.1) is 19.1 Å². The number of nitro groups is 1. The number of methoxy groups -OCH3 is 2. The zero-order valence-electron chi connectivity index (χ0n) is 33.4. The summed E-state index contributed by atoms with van der Waals surface area (Å²) in [5.41, 5.74) is -2.31. The van der Waals surface area contributed by atoms with E-state index in [1.165, 1.54) is 45.5 Å². The van der Waals surface area contributed by atoms with Crippen LogP contribution in [0.3, 0.4) is 0 Å². The summed E-state index contributed by atoms with van der Waals surface area (Å²) in [6.07, 6.45) is 0.652. The largest absolute Gasteiger partial charge is 0.495 e. The molecule has 2 aromatic carbocycles. The topological polar surface area (TPSA) is 173 Å². The summed E-state index contributed by atoms with van der Waals surface area (Å²) in [5, 5.41) is 12.2. The first-order valence-corrected chi connectivity index (χ1v) is 18.3. The zero-order chi connectivity index (χ0) is 41.9. The second-order valence-electron chi connectivity index (χ2n) is 15.1. The number of hydrogen-bond donors (Lipinski definition) is 0. The lowest BCUT2D eigenvalue weighted by molar-refractivity contribution is -0.384. The predicted molar refractivity (Wildman–Crippen MR) is 215 cm³/mol. The molecule has 17 nitrogen and oxygen atoms in total. The standard InChI is InChI=1S/C37H48Cl2N8O9/c1-36(2,3)55-34(49)45(24-13-12-23(18-25(24)47(51)52)44-16-14-22(15-17-44)42(7)8)29-20-28(40-21-41-29)43(9)33(48)46(35(50)56-37(4,5)6)32-30(38)26(53-10)19-27(54-11)31(32)39/h12-13,18-22H,14-17H2,1-11H3. The van der Waals surface area contributed by atoms with E-state index in [9.17, 15) is 24.5 Å². The fourth-order valence-electron chi connectivity index (χ4n) is 5.84. The minimum atomic E-state index is -1.15. The molecule has 0 bridgehead atoms. The summed E-state index contributed by atoms with van der Waals surface area (Å²) < 4.78 is 22.0. The Morgan fingerprint density at radius 2 is 1.38 bits per heavy atom. The molecule has 304 valence electrons. The SMILES string of the molecule is COc1cc(OC)c(Cl)c(N(C(=O)OC(C)(C)C)C(=O)N(C)c2cc(N(C(=O)OC(C)(C)C)c3ccc(N4CCC(N(C)C)CC4)cc3[N+](=O)[O-])ncn2)c1Cl. The van der Waals surface area contributed by atoms with E-state index < -0.39 is 34.3 Å². The Labute approximate surface area is 336 Å². The number of carbonyl (C=O) groups is 3. The molecule has 0 atom stereocenters. The Kier molecular flexibility index (Phi) is 13.5. The van der Waals surface area contributed by atoms with Gasteiger partial charge in [0.2, 0.25) is 0 Å². The number of urea groups is 1. The Bertz CT molecular complexity index is 1930. The van der Waals surface area contributed by atoms with Crippen molar-refractivity contribution in [3.63, 3.8) is 0 Å². The summed E-state index contributed by atoms with van der Waals surface area (Å²) in [6.45, 7) is 11.1. The molecule has 0 aliphatic carbocycles. The van der Waals surface area contributed by atoms with Gasteiger partial charge in [-0.2, -0.15) is 4.90 Å². The van der Waals surface area contributed by atoms with Crippen molar-refractivity contribution in [2.75, 3.05) is 68.1 Å². The van der Waals surface area contributed by atoms with Gasteiger partial charge in [0, 0.05) is 50.1 Å². The van der Waals surface area contributed by atoms with Crippen LogP contribution in [0.15, 0.2) is 36.7 Å². The first-order chi connectivity index (χ1) is 26.1. The van der Waals surface area contributed by atoms with Gasteiger partial charge in [-0.05, 0) is 80.6 Å². The molecule has 19 heteroatoms. The summed E-state index contributed by atoms with van der Waals surface area (Å²) >= 11 is 13.3. The second kappa shape index (κ2) is 17.3. The van der Waals surface area contributed by atoms with Gasteiger partial charge < -0.3 is 28.7 Å². The van der Waals surface area contributed by atoms with Gasteiger partial charge in [-0.15, -0.1) is 0 Å². The first-order valence-electron chi connectivity index (χ1n) is 17.5. The van der Waals surface area contributed by atoms with Crippen molar-refractivity contribution >= 4 is 75.8 Å². The molecular formula is C37H48Cl2N8O9. The van der Waals surface area contributed by atoms with Gasteiger partial charge in [0.1, 0.15) is 62.1 Å². The van der Waals surface area contributed by atoms with E-state index in [0.29, 0.717) is 29.7 Å². The number of aromatic nitrogens is 2. The zero-order valence-corrected chi connectivity index (χ0v) is 34.9. The van der Waals surface area contributed by atoms with Crippen LogP contribution in [0.2, 0.25) is 10.0 Å². The number of nitrogens with zero attached hydrogens (tertiary/aromatic N) is 8. The number of amides is 4. The number of imide groups is 1. The molecule has 0 N–H and O–H groups in total. The molecule has 1 aromatic heterocycles. The van der Waals surface area contributed by atoms with Crippen molar-refractivity contribution in [1.82, 2.24) is 14.9 Å². The van der Waals surface area contributed by atoms with Gasteiger partial charge in [0.25, 0.3) is 5.69 Å². The number of rotatable bonds is 9. The third kappa shape index (κ3) is 9.99. The van der Waals surface area contributed by atoms with Crippen LogP contribution >= 0.6 is 23.2 Å². The maximum Gasteiger partial charge on any atom is 0.423 e. The minimum absolute atomic E-state index is 0.0370. The van der Waals surface area contributed by atoms with Crippen molar-refractivity contribution in [1.29, 1.82) is 0 Å². The van der Waals surface area contributed by atoms with Crippen LogP contribution in [0.5, 0.6) is 11.5 Å². The normalized spacial score (nSPS) is 13.6. The molecule has 2 heterocycles. The maximum absolute atomic E-state index is 14.4. The number of anilines is 5. The van der Waals surface area contributed by atoms with Crippen LogP contribution in [0, 0.1) is 10.1 Å². The van der Waals surface area contributed by atoms with Gasteiger partial charge in [-0.1, -0.05) is 23.2 Å². The average molecular weight is 820 g/mol. The van der Waals surface area contributed by atoms with Crippen molar-refractivity contribution in [2.24, 2.45) is 0 Å².